The first-order chi connectivity index (χ1) is 16.8. The number of nitrogens with zero attached hydrogens (tertiary/aromatic N) is 6. The van der Waals surface area contributed by atoms with Gasteiger partial charge in [0.1, 0.15) is 5.69 Å². The molecule has 0 radical (unpaired) electrons. The van der Waals surface area contributed by atoms with Crippen molar-refractivity contribution in [1.82, 2.24) is 14.7 Å². The fraction of sp³-hybridized carbons (Fsp3) is 0.333. The van der Waals surface area contributed by atoms with Crippen LogP contribution in [0.15, 0.2) is 42.5 Å². The third kappa shape index (κ3) is 4.03. The van der Waals surface area contributed by atoms with Gasteiger partial charge in [0.15, 0.2) is 5.69 Å². The maximum absolute atomic E-state index is 13.0. The molecule has 2 heterocycles. The number of rotatable bonds is 6. The van der Waals surface area contributed by atoms with Gasteiger partial charge in [-0.25, -0.2) is 0 Å². The Labute approximate surface area is 200 Å². The van der Waals surface area contributed by atoms with Gasteiger partial charge in [-0.3, -0.25) is 24.6 Å². The Bertz CT molecular complexity index is 1340. The third-order valence-corrected chi connectivity index (χ3v) is 6.61. The molecule has 2 aliphatic rings. The van der Waals surface area contributed by atoms with Gasteiger partial charge in [0, 0.05) is 60.0 Å². The Balaban J connectivity index is 1.22. The Hall–Kier alpha value is -4.12. The normalized spacial score (nSPS) is 15.7. The Morgan fingerprint density at radius 3 is 2.37 bits per heavy atom. The highest BCUT2D eigenvalue weighted by molar-refractivity contribution is 6.26. The number of hydrogen-bond donors (Lipinski definition) is 0. The van der Waals surface area contributed by atoms with Crippen LogP contribution in [-0.4, -0.2) is 63.9 Å². The summed E-state index contributed by atoms with van der Waals surface area (Å²) in [5.74, 6) is -0.787. The van der Waals surface area contributed by atoms with Crippen molar-refractivity contribution in [2.75, 3.05) is 37.6 Å². The van der Waals surface area contributed by atoms with Gasteiger partial charge in [-0.05, 0) is 25.0 Å². The molecule has 1 saturated heterocycles. The van der Waals surface area contributed by atoms with E-state index in [1.54, 1.807) is 36.4 Å². The molecule has 1 aliphatic carbocycles. The Morgan fingerprint density at radius 1 is 1.00 bits per heavy atom. The maximum atomic E-state index is 13.0. The summed E-state index contributed by atoms with van der Waals surface area (Å²) in [5, 5.41) is 27.7. The predicted octanol–water partition coefficient (Wildman–Crippen LogP) is 1.72. The molecule has 0 atom stereocenters. The first-order valence-corrected chi connectivity index (χ1v) is 11.5. The molecule has 0 amide bonds. The monoisotopic (exact) mass is 476 g/mol. The number of hydrogen-bond acceptors (Lipinski definition) is 8. The van der Waals surface area contributed by atoms with Crippen LogP contribution in [0.3, 0.4) is 0 Å². The highest BCUT2D eigenvalue weighted by atomic mass is 16.6. The van der Waals surface area contributed by atoms with E-state index < -0.39 is 5.78 Å². The fourth-order valence-electron chi connectivity index (χ4n) is 4.81. The molecular formula is C24H24N6O5. The number of fused-ring (bicyclic) bond motifs is 2. The van der Waals surface area contributed by atoms with E-state index in [2.05, 4.69) is 10.00 Å². The quantitative estimate of drug-likeness (QED) is 0.178. The minimum atomic E-state index is -0.417. The van der Waals surface area contributed by atoms with Gasteiger partial charge in [0.25, 0.3) is 5.69 Å². The van der Waals surface area contributed by atoms with Gasteiger partial charge in [0.2, 0.25) is 17.3 Å². The zero-order valence-electron chi connectivity index (χ0n) is 19.2. The van der Waals surface area contributed by atoms with E-state index in [1.165, 1.54) is 4.68 Å². The summed E-state index contributed by atoms with van der Waals surface area (Å²) in [6, 6.07) is 11.8. The third-order valence-electron chi connectivity index (χ3n) is 6.61. The largest absolute Gasteiger partial charge is 0.571 e. The molecule has 0 N–H and O–H groups in total. The van der Waals surface area contributed by atoms with Crippen molar-refractivity contribution in [2.24, 2.45) is 0 Å². The lowest BCUT2D eigenvalue weighted by Gasteiger charge is -2.35. The second kappa shape index (κ2) is 8.91. The molecule has 11 heteroatoms. The average molecular weight is 476 g/mol. The van der Waals surface area contributed by atoms with Crippen LogP contribution < -0.4 is 9.86 Å². The van der Waals surface area contributed by atoms with Gasteiger partial charge < -0.3 is 10.1 Å². The van der Waals surface area contributed by atoms with Gasteiger partial charge in [-0.2, -0.15) is 0 Å². The van der Waals surface area contributed by atoms with Crippen LogP contribution >= 0.6 is 0 Å². The molecule has 11 nitrogen and oxygen atoms in total. The van der Waals surface area contributed by atoms with Crippen LogP contribution in [0.4, 0.5) is 11.4 Å². The second-order valence-electron chi connectivity index (χ2n) is 8.81. The first kappa shape index (κ1) is 22.7. The molecule has 1 fully saturated rings. The van der Waals surface area contributed by atoms with E-state index in [-0.39, 0.29) is 45.5 Å². The summed E-state index contributed by atoms with van der Waals surface area (Å²) in [7, 11) is 0. The van der Waals surface area contributed by atoms with Crippen molar-refractivity contribution in [3.63, 3.8) is 0 Å². The summed E-state index contributed by atoms with van der Waals surface area (Å²) in [5.41, 5.74) is 2.08. The van der Waals surface area contributed by atoms with Crippen molar-refractivity contribution in [2.45, 2.75) is 19.9 Å². The number of carbonyl (C=O) groups excluding carboxylic acids is 2. The number of benzene rings is 2. The second-order valence-corrected chi connectivity index (χ2v) is 8.81. The number of ketones is 2. The highest BCUT2D eigenvalue weighted by Crippen LogP contribution is 2.30. The molecule has 180 valence electrons. The van der Waals surface area contributed by atoms with E-state index in [9.17, 15) is 24.9 Å². The van der Waals surface area contributed by atoms with Crippen molar-refractivity contribution < 1.29 is 19.5 Å². The molecule has 3 aromatic rings. The lowest BCUT2D eigenvalue weighted by atomic mass is 9.90. The van der Waals surface area contributed by atoms with E-state index >= 15 is 0 Å². The van der Waals surface area contributed by atoms with Gasteiger partial charge in [-0.15, -0.1) is 4.68 Å². The summed E-state index contributed by atoms with van der Waals surface area (Å²) in [4.78, 5) is 41.4. The Morgan fingerprint density at radius 2 is 1.69 bits per heavy atom. The number of nitro groups is 1. The summed E-state index contributed by atoms with van der Waals surface area (Å²) in [6.45, 7) is 5.49. The highest BCUT2D eigenvalue weighted by Gasteiger charge is 2.39. The SMILES string of the molecule is Cc1ccc(N2CCN(CCCn3c4c(n[n+]3[O-])C(=O)c3ccccc3C4=O)CC2)c([N+](=O)[O-])c1. The number of aromatic nitrogens is 3. The lowest BCUT2D eigenvalue weighted by molar-refractivity contribution is -0.749. The van der Waals surface area contributed by atoms with Crippen LogP contribution in [0.5, 0.6) is 0 Å². The van der Waals surface area contributed by atoms with E-state index in [0.29, 0.717) is 36.7 Å². The molecular weight excluding hydrogens is 452 g/mol. The summed E-state index contributed by atoms with van der Waals surface area (Å²) >= 11 is 0. The van der Waals surface area contributed by atoms with E-state index in [1.807, 2.05) is 17.9 Å². The predicted molar refractivity (Wildman–Crippen MR) is 126 cm³/mol. The smallest absolute Gasteiger partial charge is 0.292 e. The zero-order valence-corrected chi connectivity index (χ0v) is 19.2. The molecule has 1 aliphatic heterocycles. The molecule has 2 aromatic carbocycles. The summed E-state index contributed by atoms with van der Waals surface area (Å²) < 4.78 is 1.23. The van der Waals surface area contributed by atoms with Gasteiger partial charge in [-0.1, -0.05) is 30.3 Å². The molecule has 1 aromatic heterocycles. The number of carbonyl (C=O) groups is 2. The average Bonchev–Trinajstić information content (AvgIpc) is 3.19. The lowest BCUT2D eigenvalue weighted by Crippen LogP contribution is -2.47. The summed E-state index contributed by atoms with van der Waals surface area (Å²) in [6.07, 6.45) is 0.582. The topological polar surface area (TPSA) is 129 Å². The number of nitro benzene ring substituents is 1. The standard InChI is InChI=1S/C24H24N6O5/c1-16-7-8-19(20(15-16)29(33)34)27-13-11-26(12-14-27)9-4-10-28-22-21(25-30(28)35)23(31)17-5-2-3-6-18(17)24(22)32/h2-3,5-8,15H,4,9-14H2,1H3. The van der Waals surface area contributed by atoms with Crippen molar-refractivity contribution >= 4 is 22.9 Å². The zero-order chi connectivity index (χ0) is 24.7. The number of anilines is 1. The van der Waals surface area contributed by atoms with Crippen LogP contribution in [0.25, 0.3) is 0 Å². The van der Waals surface area contributed by atoms with Crippen LogP contribution in [0.2, 0.25) is 0 Å². The minimum Gasteiger partial charge on any atom is -0.571 e. The van der Waals surface area contributed by atoms with Crippen LogP contribution in [0.1, 0.15) is 44.1 Å². The van der Waals surface area contributed by atoms with E-state index in [4.69, 9.17) is 0 Å². The molecule has 0 spiro atoms. The maximum Gasteiger partial charge on any atom is 0.292 e. The van der Waals surface area contributed by atoms with E-state index in [0.717, 1.165) is 18.7 Å². The number of aryl methyl sites for hydroxylation is 1. The van der Waals surface area contributed by atoms with Crippen molar-refractivity contribution in [3.05, 3.63) is 85.9 Å². The molecule has 5 rings (SSSR count). The van der Waals surface area contributed by atoms with Crippen LogP contribution in [-0.2, 0) is 6.54 Å². The molecule has 35 heavy (non-hydrogen) atoms. The minimum absolute atomic E-state index is 0.0419. The van der Waals surface area contributed by atoms with Crippen molar-refractivity contribution in [1.29, 1.82) is 0 Å². The van der Waals surface area contributed by atoms with Crippen molar-refractivity contribution in [3.8, 4) is 0 Å². The molecule has 0 unspecified atom stereocenters. The van der Waals surface area contributed by atoms with Gasteiger partial charge in [0.05, 0.1) is 11.5 Å². The first-order valence-electron chi connectivity index (χ1n) is 11.5. The molecule has 0 saturated carbocycles. The van der Waals surface area contributed by atoms with Gasteiger partial charge >= 0.3 is 0 Å². The molecule has 0 bridgehead atoms. The number of piperazine rings is 1. The fourth-order valence-corrected chi connectivity index (χ4v) is 4.81. The Kier molecular flexibility index (Phi) is 5.77. The van der Waals surface area contributed by atoms with Crippen LogP contribution in [0, 0.1) is 22.2 Å².